The van der Waals surface area contributed by atoms with Gasteiger partial charge in [-0.05, 0) is 44.1 Å². The highest BCUT2D eigenvalue weighted by Crippen LogP contribution is 2.38. The maximum atomic E-state index is 12.6. The van der Waals surface area contributed by atoms with Gasteiger partial charge in [-0.1, -0.05) is 148 Å². The topological polar surface area (TPSA) is 152 Å². The smallest absolute Gasteiger partial charge is 0.305 e. The molecule has 2 N–H and O–H groups in total. The van der Waals surface area contributed by atoms with Crippen molar-refractivity contribution in [3.8, 4) is 0 Å². The molecular weight excluding hydrogens is 757 g/mol. The van der Waals surface area contributed by atoms with E-state index in [9.17, 15) is 29.3 Å². The second-order valence-corrected chi connectivity index (χ2v) is 19.0. The van der Waals surface area contributed by atoms with E-state index in [4.69, 9.17) is 18.5 Å². The Hall–Kier alpha value is -1.59. The van der Waals surface area contributed by atoms with Crippen LogP contribution in [0.3, 0.4) is 0 Å². The van der Waals surface area contributed by atoms with Crippen LogP contribution in [0.4, 0.5) is 0 Å². The van der Waals surface area contributed by atoms with E-state index in [1.54, 1.807) is 18.4 Å². The molecule has 0 radical (unpaired) electrons. The number of ketones is 1. The van der Waals surface area contributed by atoms with E-state index in [0.717, 1.165) is 57.8 Å². The second-order valence-electron chi connectivity index (χ2n) is 17.6. The Bertz CT molecular complexity index is 1140. The third-order valence-corrected chi connectivity index (χ3v) is 12.0. The predicted octanol–water partition coefficient (Wildman–Crippen LogP) is 9.91. The van der Waals surface area contributed by atoms with Crippen molar-refractivity contribution in [2.75, 3.05) is 47.5 Å². The van der Waals surface area contributed by atoms with Crippen molar-refractivity contribution in [1.29, 1.82) is 0 Å². The Labute approximate surface area is 353 Å². The number of hydrogen-bond acceptors (Lipinski definition) is 10. The van der Waals surface area contributed by atoms with Crippen molar-refractivity contribution in [3.63, 3.8) is 0 Å². The molecule has 1 rings (SSSR count). The normalized spacial score (nSPS) is 19.6. The van der Waals surface area contributed by atoms with Crippen molar-refractivity contribution in [2.24, 2.45) is 11.8 Å². The van der Waals surface area contributed by atoms with E-state index >= 15 is 0 Å². The molecule has 1 aliphatic rings. The lowest BCUT2D eigenvalue weighted by atomic mass is 9.88. The van der Waals surface area contributed by atoms with Crippen LogP contribution in [-0.2, 0) is 32.7 Å². The maximum absolute atomic E-state index is 12.6. The third kappa shape index (κ3) is 30.4. The lowest BCUT2D eigenvalue weighted by Crippen LogP contribution is -2.37. The molecule has 12 heteroatoms. The van der Waals surface area contributed by atoms with E-state index < -0.39 is 32.1 Å². The van der Waals surface area contributed by atoms with Crippen LogP contribution in [-0.4, -0.2) is 92.3 Å². The van der Waals surface area contributed by atoms with E-state index in [1.807, 2.05) is 27.2 Å². The third-order valence-electron chi connectivity index (χ3n) is 11.0. The summed E-state index contributed by atoms with van der Waals surface area (Å²) in [4.78, 5) is 37.6. The molecule has 0 amide bonds. The number of ether oxygens (including phenoxy) is 2. The van der Waals surface area contributed by atoms with Gasteiger partial charge < -0.3 is 38.1 Å². The number of phosphoric ester groups is 1. The molecule has 1 aliphatic carbocycles. The number of carbonyl (C=O) groups is 2. The summed E-state index contributed by atoms with van der Waals surface area (Å²) in [5, 5.41) is 20.8. The highest BCUT2D eigenvalue weighted by atomic mass is 31.2. The number of likely N-dealkylation sites (N-methyl/N-ethyl adjacent to an activating group) is 1. The molecule has 0 aromatic carbocycles. The zero-order valence-electron chi connectivity index (χ0n) is 37.5. The van der Waals surface area contributed by atoms with Gasteiger partial charge in [0.15, 0.2) is 6.10 Å². The fourth-order valence-corrected chi connectivity index (χ4v) is 7.99. The van der Waals surface area contributed by atoms with Gasteiger partial charge in [0, 0.05) is 18.8 Å². The number of Topliss-reactive ketones (excluding diaryl/α,β-unsaturated/α-hetero) is 1. The zero-order chi connectivity index (χ0) is 42.9. The van der Waals surface area contributed by atoms with Gasteiger partial charge in [-0.25, -0.2) is 0 Å². The zero-order valence-corrected chi connectivity index (χ0v) is 38.4. The number of allylic oxidation sites excluding steroid dienone is 2. The predicted molar refractivity (Wildman–Crippen MR) is 232 cm³/mol. The van der Waals surface area contributed by atoms with Gasteiger partial charge in [0.25, 0.3) is 7.82 Å². The molecular formula is C46H86NO10P. The molecule has 340 valence electrons. The molecule has 0 heterocycles. The van der Waals surface area contributed by atoms with Crippen molar-refractivity contribution >= 4 is 19.6 Å². The number of aliphatic hydroxyl groups excluding tert-OH is 2. The Balaban J connectivity index is 2.41. The quantitative estimate of drug-likeness (QED) is 0.0153. The first-order chi connectivity index (χ1) is 27.8. The number of carbonyl (C=O) groups excluding carboxylic acids is 2. The van der Waals surface area contributed by atoms with Crippen molar-refractivity contribution in [2.45, 2.75) is 199 Å². The summed E-state index contributed by atoms with van der Waals surface area (Å²) < 4.78 is 34.4. The Kier molecular flexibility index (Phi) is 32.0. The molecule has 0 aliphatic heterocycles. The Morgan fingerprint density at radius 2 is 1.40 bits per heavy atom. The van der Waals surface area contributed by atoms with Crippen LogP contribution in [0.1, 0.15) is 181 Å². The summed E-state index contributed by atoms with van der Waals surface area (Å²) in [6, 6.07) is 0. The van der Waals surface area contributed by atoms with E-state index in [1.165, 1.54) is 77.0 Å². The van der Waals surface area contributed by atoms with Crippen molar-refractivity contribution in [1.82, 2.24) is 0 Å². The molecule has 0 bridgehead atoms. The number of quaternary nitrogens is 1. The lowest BCUT2D eigenvalue weighted by Gasteiger charge is -2.28. The van der Waals surface area contributed by atoms with Gasteiger partial charge in [0.1, 0.15) is 25.5 Å². The first-order valence-corrected chi connectivity index (χ1v) is 24.7. The largest absolute Gasteiger partial charge is 0.756 e. The van der Waals surface area contributed by atoms with Crippen LogP contribution in [0, 0.1) is 11.8 Å². The summed E-state index contributed by atoms with van der Waals surface area (Å²) >= 11 is 0. The lowest BCUT2D eigenvalue weighted by molar-refractivity contribution is -0.870. The molecule has 0 saturated heterocycles. The van der Waals surface area contributed by atoms with Gasteiger partial charge in [-0.2, -0.15) is 0 Å². The average Bonchev–Trinajstić information content (AvgIpc) is 3.44. The number of rotatable bonds is 39. The van der Waals surface area contributed by atoms with Crippen LogP contribution in [0.15, 0.2) is 24.5 Å². The summed E-state index contributed by atoms with van der Waals surface area (Å²) in [5.41, 5.74) is 0. The van der Waals surface area contributed by atoms with Crippen LogP contribution >= 0.6 is 7.82 Å². The van der Waals surface area contributed by atoms with Gasteiger partial charge >= 0.3 is 5.97 Å². The molecule has 0 aromatic heterocycles. The number of aliphatic hydroxyl groups is 2. The van der Waals surface area contributed by atoms with Gasteiger partial charge in [-0.15, -0.1) is 0 Å². The average molecular weight is 844 g/mol. The molecule has 6 atom stereocenters. The summed E-state index contributed by atoms with van der Waals surface area (Å²) in [6.45, 7) is 4.35. The summed E-state index contributed by atoms with van der Waals surface area (Å²) in [7, 11) is 1.24. The van der Waals surface area contributed by atoms with Crippen LogP contribution in [0.25, 0.3) is 0 Å². The minimum atomic E-state index is -4.57. The fraction of sp³-hybridized carbons (Fsp3) is 0.870. The van der Waals surface area contributed by atoms with Gasteiger partial charge in [-0.3, -0.25) is 14.2 Å². The highest BCUT2D eigenvalue weighted by molar-refractivity contribution is 7.45. The molecule has 0 spiro atoms. The minimum Gasteiger partial charge on any atom is -0.756 e. The van der Waals surface area contributed by atoms with Crippen molar-refractivity contribution < 1.29 is 52.3 Å². The van der Waals surface area contributed by atoms with Crippen LogP contribution < -0.4 is 4.89 Å². The molecule has 0 aromatic rings. The van der Waals surface area contributed by atoms with E-state index in [0.29, 0.717) is 30.3 Å². The molecule has 1 unspecified atom stereocenters. The molecule has 58 heavy (non-hydrogen) atoms. The first kappa shape index (κ1) is 54.4. The van der Waals surface area contributed by atoms with Crippen LogP contribution in [0.5, 0.6) is 0 Å². The first-order valence-electron chi connectivity index (χ1n) is 23.2. The fourth-order valence-electron chi connectivity index (χ4n) is 7.26. The van der Waals surface area contributed by atoms with Gasteiger partial charge in [0.05, 0.1) is 46.2 Å². The van der Waals surface area contributed by atoms with Crippen molar-refractivity contribution in [3.05, 3.63) is 24.5 Å². The number of hydrogen-bond donors (Lipinski definition) is 2. The highest BCUT2D eigenvalue weighted by Gasteiger charge is 2.39. The number of esters is 1. The Morgan fingerprint density at radius 1 is 0.828 bits per heavy atom. The van der Waals surface area contributed by atoms with Gasteiger partial charge in [0.2, 0.25) is 0 Å². The standard InChI is InChI=1S/C46H86NO10P/c1-6-8-10-11-12-13-14-15-16-17-18-19-20-21-24-28-35-54-41(39-57-58(52,53)56-36-34-47(3,4)5)38-55-46(51)31-27-23-22-26-30-42-43(45(50)37-44(42)49)33-32-40(48)29-25-9-7-2/h28,32-33,35,40-44,48-49H,6-27,29-31,34,36-39H2,1-5H3/b33-32+,35-28-/t40-,41+,42+,43+,44-/m0/s1. The minimum absolute atomic E-state index is 0.00972. The van der Waals surface area contributed by atoms with E-state index in [-0.39, 0.29) is 50.3 Å². The molecule has 1 fully saturated rings. The number of nitrogens with zero attached hydrogens (tertiary/aromatic N) is 1. The second kappa shape index (κ2) is 34.0. The summed E-state index contributed by atoms with van der Waals surface area (Å²) in [5.74, 6) is -0.898. The number of unbranched alkanes of at least 4 members (excludes halogenated alkanes) is 19. The molecule has 1 saturated carbocycles. The SMILES string of the molecule is CCCCCCCCCCCCCCCC/C=C\O[C@H](COC(=O)CCCCCC[C@H]1[C@@H](O)CC(=O)[C@@H]1/C=C/[C@@H](O)CCCCC)COP(=O)([O-])OCC[N+](C)(C)C. The molecule has 11 nitrogen and oxygen atoms in total. The maximum Gasteiger partial charge on any atom is 0.305 e. The Morgan fingerprint density at radius 3 is 2.02 bits per heavy atom. The van der Waals surface area contributed by atoms with Crippen LogP contribution in [0.2, 0.25) is 0 Å². The van der Waals surface area contributed by atoms with E-state index in [2.05, 4.69) is 13.8 Å². The summed E-state index contributed by atoms with van der Waals surface area (Å²) in [6.07, 6.45) is 31.9. The number of phosphoric acid groups is 1. The monoisotopic (exact) mass is 844 g/mol.